The fourth-order valence-electron chi connectivity index (χ4n) is 6.45. The van der Waals surface area contributed by atoms with Gasteiger partial charge in [0.15, 0.2) is 0 Å². The zero-order chi connectivity index (χ0) is 29.5. The van der Waals surface area contributed by atoms with Crippen LogP contribution in [0.15, 0.2) is 119 Å². The summed E-state index contributed by atoms with van der Waals surface area (Å²) in [4.78, 5) is 28.4. The molecule has 0 atom stereocenters. The van der Waals surface area contributed by atoms with Crippen LogP contribution >= 0.6 is 0 Å². The van der Waals surface area contributed by atoms with Crippen molar-refractivity contribution in [2.75, 3.05) is 0 Å². The van der Waals surface area contributed by atoms with E-state index in [1.165, 1.54) is 48.5 Å². The van der Waals surface area contributed by atoms with Gasteiger partial charge in [0, 0.05) is 0 Å². The van der Waals surface area contributed by atoms with Gasteiger partial charge in [0.25, 0.3) is 0 Å². The molecule has 0 aromatic heterocycles. The summed E-state index contributed by atoms with van der Waals surface area (Å²) in [6.07, 6.45) is 4.48. The van der Waals surface area contributed by atoms with Crippen LogP contribution in [0.4, 0.5) is 8.78 Å². The Balaban J connectivity index is 1.70. The number of allylic oxidation sites excluding steroid dienone is 4. The van der Waals surface area contributed by atoms with E-state index in [4.69, 9.17) is 6.64 Å². The number of fused-ring (bicyclic) bond motifs is 3. The number of carbonyl (C=O) groups excluding carboxylic acids is 2. The van der Waals surface area contributed by atoms with Gasteiger partial charge in [-0.1, -0.05) is 0 Å². The van der Waals surface area contributed by atoms with Crippen molar-refractivity contribution in [2.24, 2.45) is 0 Å². The summed E-state index contributed by atoms with van der Waals surface area (Å²) in [5, 5.41) is 0. The van der Waals surface area contributed by atoms with Crippen LogP contribution in [0, 0.1) is 11.6 Å². The molecule has 8 heteroatoms. The SMILES string of the molecule is C[Si](C)=[Ti]([O]C(=O)c1ccc(F)cc1)([O]C(=O)c1ccc(F)cc1)([C]1=CC=CC1)[CH]1c2ccccc2-c2ccccc21. The number of halogens is 2. The first-order chi connectivity index (χ1) is 20.2. The molecule has 4 nitrogen and oxygen atoms in total. The molecule has 6 rings (SSSR count). The minimum absolute atomic E-state index is 0.166. The van der Waals surface area contributed by atoms with Crippen molar-refractivity contribution in [3.63, 3.8) is 0 Å². The second-order valence-corrected chi connectivity index (χ2v) is 27.6. The molecule has 42 heavy (non-hydrogen) atoms. The molecule has 4 aromatic rings. The van der Waals surface area contributed by atoms with Gasteiger partial charge in [-0.25, -0.2) is 0 Å². The fourth-order valence-corrected chi connectivity index (χ4v) is 25.4. The van der Waals surface area contributed by atoms with Gasteiger partial charge < -0.3 is 0 Å². The van der Waals surface area contributed by atoms with E-state index in [2.05, 4.69) is 0 Å². The molecular weight excluding hydrogens is 586 g/mol. The Hall–Kier alpha value is -3.91. The van der Waals surface area contributed by atoms with Crippen LogP contribution in [0.5, 0.6) is 0 Å². The first-order valence-electron chi connectivity index (χ1n) is 13.7. The van der Waals surface area contributed by atoms with Crippen LogP contribution in [0.1, 0.15) is 42.5 Å². The van der Waals surface area contributed by atoms with Crippen LogP contribution in [0.3, 0.4) is 0 Å². The topological polar surface area (TPSA) is 52.6 Å². The molecule has 0 fully saturated rings. The average molecular weight is 615 g/mol. The van der Waals surface area contributed by atoms with Crippen molar-refractivity contribution in [2.45, 2.75) is 23.7 Å². The van der Waals surface area contributed by atoms with E-state index in [-0.39, 0.29) is 11.1 Å². The van der Waals surface area contributed by atoms with Crippen LogP contribution < -0.4 is 0 Å². The zero-order valence-corrected chi connectivity index (χ0v) is 25.7. The summed E-state index contributed by atoms with van der Waals surface area (Å²) >= 11 is -5.66. The summed E-state index contributed by atoms with van der Waals surface area (Å²) in [6.45, 7) is 4.08. The van der Waals surface area contributed by atoms with Crippen molar-refractivity contribution < 1.29 is 39.8 Å². The summed E-state index contributed by atoms with van der Waals surface area (Å²) in [7, 11) is 0. The molecule has 0 aliphatic heterocycles. The second-order valence-electron chi connectivity index (χ2n) is 10.9. The van der Waals surface area contributed by atoms with E-state index < -0.39 is 48.8 Å². The van der Waals surface area contributed by atoms with E-state index in [1.807, 2.05) is 79.9 Å². The molecule has 0 heterocycles. The van der Waals surface area contributed by atoms with Gasteiger partial charge >= 0.3 is 246 Å². The Kier molecular flexibility index (Phi) is 7.21. The average Bonchev–Trinajstić information content (AvgIpc) is 3.65. The zero-order valence-electron chi connectivity index (χ0n) is 23.1. The van der Waals surface area contributed by atoms with Gasteiger partial charge in [0.05, 0.1) is 0 Å². The maximum atomic E-state index is 14.2. The van der Waals surface area contributed by atoms with E-state index in [0.29, 0.717) is 6.42 Å². The molecule has 4 aromatic carbocycles. The normalized spacial score (nSPS) is 14.2. The molecular formula is C34H28F2O4SiTi. The molecule has 2 aliphatic carbocycles. The van der Waals surface area contributed by atoms with Crippen LogP contribution in [0.25, 0.3) is 11.1 Å². The van der Waals surface area contributed by atoms with E-state index >= 15 is 0 Å². The third-order valence-corrected chi connectivity index (χ3v) is 29.5. The first kappa shape index (κ1) is 28.2. The Bertz CT molecular complexity index is 1760. The van der Waals surface area contributed by atoms with Gasteiger partial charge in [-0.05, 0) is 0 Å². The van der Waals surface area contributed by atoms with Gasteiger partial charge in [0.2, 0.25) is 0 Å². The molecule has 210 valence electrons. The molecule has 0 saturated carbocycles. The molecule has 0 bridgehead atoms. The predicted molar refractivity (Wildman–Crippen MR) is 157 cm³/mol. The fraction of sp³-hybridized carbons (Fsp3) is 0.118. The summed E-state index contributed by atoms with van der Waals surface area (Å²) in [5.41, 5.74) is 4.21. The van der Waals surface area contributed by atoms with E-state index in [1.54, 1.807) is 0 Å². The molecule has 0 N–H and O–H groups in total. The Morgan fingerprint density at radius 2 is 1.17 bits per heavy atom. The molecule has 0 spiro atoms. The number of hydrogen-bond acceptors (Lipinski definition) is 4. The minimum atomic E-state index is -5.66. The quantitative estimate of drug-likeness (QED) is 0.205. The third-order valence-electron chi connectivity index (χ3n) is 8.44. The van der Waals surface area contributed by atoms with Crippen LogP contribution in [-0.4, -0.2) is 18.1 Å². The first-order valence-corrected chi connectivity index (χ1v) is 21.5. The van der Waals surface area contributed by atoms with Crippen molar-refractivity contribution >= 4 is 18.1 Å². The summed E-state index contributed by atoms with van der Waals surface area (Å²) in [5.74, 6) is -2.29. The molecule has 0 amide bonds. The van der Waals surface area contributed by atoms with Gasteiger partial charge in [-0.2, -0.15) is 0 Å². The van der Waals surface area contributed by atoms with Crippen molar-refractivity contribution in [1.29, 1.82) is 0 Å². The standard InChI is InChI=1S/C13H9.2C7H5FO2.C5H5.C2H6Si.Ti/c1-3-7-12-10(5-1)9-11-6-2-4-8-13(11)12;2*8-6-3-1-5(2-4-6)7(9)10;1-2-4-5-3-1;1-3-2;/h1-9H;2*1-4H,(H,9,10);1-3H,4H2;1-2H3;/q;;;;;+2/p-2. The Morgan fingerprint density at radius 3 is 1.57 bits per heavy atom. The molecule has 2 aliphatic rings. The third kappa shape index (κ3) is 4.35. The van der Waals surface area contributed by atoms with Crippen LogP contribution in [0.2, 0.25) is 13.1 Å². The van der Waals surface area contributed by atoms with Crippen molar-refractivity contribution in [3.8, 4) is 11.1 Å². The predicted octanol–water partition coefficient (Wildman–Crippen LogP) is 8.36. The van der Waals surface area contributed by atoms with Crippen LogP contribution in [-0.2, 0) is 21.5 Å². The van der Waals surface area contributed by atoms with E-state index in [0.717, 1.165) is 26.1 Å². The van der Waals surface area contributed by atoms with Gasteiger partial charge in [0.1, 0.15) is 0 Å². The van der Waals surface area contributed by atoms with Gasteiger partial charge in [-0.15, -0.1) is 0 Å². The Morgan fingerprint density at radius 1 is 0.714 bits per heavy atom. The number of hydrogen-bond donors (Lipinski definition) is 0. The summed E-state index contributed by atoms with van der Waals surface area (Å²) in [6, 6.07) is 26.3. The molecule has 0 radical (unpaired) electrons. The van der Waals surface area contributed by atoms with E-state index in [9.17, 15) is 18.4 Å². The number of carbonyl (C=O) groups is 2. The second kappa shape index (κ2) is 10.7. The Labute approximate surface area is 245 Å². The molecule has 0 saturated heterocycles. The number of benzene rings is 4. The maximum absolute atomic E-state index is 14.2. The monoisotopic (exact) mass is 614 g/mol. The van der Waals surface area contributed by atoms with Crippen molar-refractivity contribution in [1.82, 2.24) is 0 Å². The molecule has 0 unspecified atom stereocenters. The summed E-state index contributed by atoms with van der Waals surface area (Å²) < 4.78 is 41.9. The van der Waals surface area contributed by atoms with Crippen molar-refractivity contribution in [3.05, 3.63) is 153 Å². The van der Waals surface area contributed by atoms with Gasteiger partial charge in [-0.3, -0.25) is 0 Å². The number of rotatable bonds is 6.